The number of anilines is 1. The van der Waals surface area contributed by atoms with Crippen molar-refractivity contribution in [3.63, 3.8) is 0 Å². The van der Waals surface area contributed by atoms with E-state index in [4.69, 9.17) is 0 Å². The van der Waals surface area contributed by atoms with Crippen LogP contribution in [0.3, 0.4) is 0 Å². The van der Waals surface area contributed by atoms with Crippen LogP contribution in [0.1, 0.15) is 28.2 Å². The van der Waals surface area contributed by atoms with Crippen molar-refractivity contribution in [2.75, 3.05) is 4.90 Å². The standard InChI is InChI=1S/C25H16N2O5/c28-13-25-16-9-3-1-7-14(16)20(15-8-2-4-10-17(15)25)21-22(25)24(30)26(23(21)29)18-11-5-6-12-19(18)27(31)32/h1-13,20-22H/t20?,21-,22+,25?/m1/s1. The molecule has 0 aromatic heterocycles. The lowest BCUT2D eigenvalue weighted by molar-refractivity contribution is -0.384. The quantitative estimate of drug-likeness (QED) is 0.278. The highest BCUT2D eigenvalue weighted by Gasteiger charge is 2.68. The van der Waals surface area contributed by atoms with Crippen LogP contribution in [0.25, 0.3) is 0 Å². The molecule has 0 saturated carbocycles. The molecule has 3 aromatic rings. The molecule has 0 spiro atoms. The lowest BCUT2D eigenvalue weighted by atomic mass is 9.48. The second-order valence-corrected chi connectivity index (χ2v) is 8.40. The van der Waals surface area contributed by atoms with E-state index in [2.05, 4.69) is 0 Å². The Kier molecular flexibility index (Phi) is 3.61. The summed E-state index contributed by atoms with van der Waals surface area (Å²) in [7, 11) is 0. The number of hydrogen-bond acceptors (Lipinski definition) is 5. The van der Waals surface area contributed by atoms with E-state index in [-0.39, 0.29) is 11.4 Å². The first-order valence-electron chi connectivity index (χ1n) is 10.3. The molecule has 2 bridgehead atoms. The van der Waals surface area contributed by atoms with Crippen LogP contribution < -0.4 is 4.90 Å². The van der Waals surface area contributed by atoms with Crippen molar-refractivity contribution in [2.24, 2.45) is 11.8 Å². The molecule has 1 fully saturated rings. The zero-order valence-electron chi connectivity index (χ0n) is 16.7. The molecular weight excluding hydrogens is 408 g/mol. The van der Waals surface area contributed by atoms with E-state index in [0.717, 1.165) is 33.4 Å². The topological polar surface area (TPSA) is 97.6 Å². The summed E-state index contributed by atoms with van der Waals surface area (Å²) in [6.07, 6.45) is 0.784. The highest BCUT2D eigenvalue weighted by Crippen LogP contribution is 2.63. The minimum Gasteiger partial charge on any atom is -0.302 e. The van der Waals surface area contributed by atoms with Crippen molar-refractivity contribution < 1.29 is 19.3 Å². The number of carbonyl (C=O) groups excluding carboxylic acids is 3. The number of amides is 2. The van der Waals surface area contributed by atoms with Gasteiger partial charge < -0.3 is 4.79 Å². The summed E-state index contributed by atoms with van der Waals surface area (Å²) in [4.78, 5) is 52.4. The van der Waals surface area contributed by atoms with Gasteiger partial charge in [-0.3, -0.25) is 19.7 Å². The molecular formula is C25H16N2O5. The van der Waals surface area contributed by atoms with Gasteiger partial charge in [0.2, 0.25) is 11.8 Å². The number of aldehydes is 1. The van der Waals surface area contributed by atoms with Crippen molar-refractivity contribution in [1.82, 2.24) is 0 Å². The normalized spacial score (nSPS) is 27.0. The molecule has 7 rings (SSSR count). The summed E-state index contributed by atoms with van der Waals surface area (Å²) in [6.45, 7) is 0. The molecule has 1 saturated heterocycles. The van der Waals surface area contributed by atoms with E-state index in [1.807, 2.05) is 48.5 Å². The lowest BCUT2D eigenvalue weighted by Gasteiger charge is -2.51. The molecule has 7 nitrogen and oxygen atoms in total. The average Bonchev–Trinajstić information content (AvgIpc) is 3.09. The maximum atomic E-state index is 13.8. The van der Waals surface area contributed by atoms with Gasteiger partial charge in [-0.1, -0.05) is 60.7 Å². The van der Waals surface area contributed by atoms with Crippen molar-refractivity contribution in [1.29, 1.82) is 0 Å². The van der Waals surface area contributed by atoms with Gasteiger partial charge in [-0.2, -0.15) is 0 Å². The Morgan fingerprint density at radius 3 is 2.00 bits per heavy atom. The maximum Gasteiger partial charge on any atom is 0.293 e. The fraction of sp³-hybridized carbons (Fsp3) is 0.160. The van der Waals surface area contributed by atoms with Gasteiger partial charge in [-0.15, -0.1) is 0 Å². The predicted molar refractivity (Wildman–Crippen MR) is 114 cm³/mol. The van der Waals surface area contributed by atoms with Gasteiger partial charge in [0.1, 0.15) is 12.0 Å². The number of hydrogen-bond donors (Lipinski definition) is 0. The number of para-hydroxylation sites is 2. The van der Waals surface area contributed by atoms with Crippen molar-refractivity contribution in [3.8, 4) is 0 Å². The van der Waals surface area contributed by atoms with Crippen LogP contribution >= 0.6 is 0 Å². The van der Waals surface area contributed by atoms with E-state index in [1.54, 1.807) is 6.07 Å². The smallest absolute Gasteiger partial charge is 0.293 e. The first-order chi connectivity index (χ1) is 15.5. The van der Waals surface area contributed by atoms with E-state index in [1.165, 1.54) is 18.2 Å². The molecule has 3 aromatic carbocycles. The van der Waals surface area contributed by atoms with Crippen molar-refractivity contribution in [3.05, 3.63) is 105 Å². The monoisotopic (exact) mass is 424 g/mol. The zero-order chi connectivity index (χ0) is 22.2. The average molecular weight is 424 g/mol. The third-order valence-corrected chi connectivity index (χ3v) is 7.19. The molecule has 0 unspecified atom stereocenters. The minimum absolute atomic E-state index is 0.0598. The third kappa shape index (κ3) is 1.98. The molecule has 1 heterocycles. The zero-order valence-corrected chi connectivity index (χ0v) is 16.7. The molecule has 7 heteroatoms. The lowest BCUT2D eigenvalue weighted by Crippen LogP contribution is -2.54. The van der Waals surface area contributed by atoms with Gasteiger partial charge in [0.05, 0.1) is 22.2 Å². The van der Waals surface area contributed by atoms with Gasteiger partial charge >= 0.3 is 0 Å². The Labute approximate surface area is 182 Å². The van der Waals surface area contributed by atoms with Crippen molar-refractivity contribution in [2.45, 2.75) is 11.3 Å². The summed E-state index contributed by atoms with van der Waals surface area (Å²) in [5.74, 6) is -3.25. The van der Waals surface area contributed by atoms with Gasteiger partial charge in [-0.25, -0.2) is 4.90 Å². The Morgan fingerprint density at radius 2 is 1.41 bits per heavy atom. The highest BCUT2D eigenvalue weighted by atomic mass is 16.6. The minimum atomic E-state index is -1.32. The largest absolute Gasteiger partial charge is 0.302 e. The second-order valence-electron chi connectivity index (χ2n) is 8.40. The number of rotatable bonds is 3. The fourth-order valence-electron chi connectivity index (χ4n) is 6.08. The first kappa shape index (κ1) is 18.6. The third-order valence-electron chi connectivity index (χ3n) is 7.19. The molecule has 0 N–H and O–H groups in total. The van der Waals surface area contributed by atoms with Crippen LogP contribution in [0, 0.1) is 22.0 Å². The second kappa shape index (κ2) is 6.20. The van der Waals surface area contributed by atoms with Crippen LogP contribution in [0.5, 0.6) is 0 Å². The van der Waals surface area contributed by atoms with E-state index >= 15 is 0 Å². The Balaban J connectivity index is 1.65. The first-order valence-corrected chi connectivity index (χ1v) is 10.3. The van der Waals surface area contributed by atoms with Crippen LogP contribution in [0.15, 0.2) is 72.8 Å². The molecule has 1 aliphatic heterocycles. The molecule has 4 aliphatic rings. The van der Waals surface area contributed by atoms with Crippen LogP contribution in [-0.2, 0) is 19.8 Å². The maximum absolute atomic E-state index is 13.8. The number of benzene rings is 3. The molecule has 2 atom stereocenters. The molecule has 0 radical (unpaired) electrons. The summed E-state index contributed by atoms with van der Waals surface area (Å²) in [6, 6.07) is 20.6. The molecule has 32 heavy (non-hydrogen) atoms. The Morgan fingerprint density at radius 1 is 0.844 bits per heavy atom. The van der Waals surface area contributed by atoms with E-state index < -0.39 is 39.9 Å². The van der Waals surface area contributed by atoms with Crippen molar-refractivity contribution >= 4 is 29.5 Å². The molecule has 2 amide bonds. The van der Waals surface area contributed by atoms with E-state index in [9.17, 15) is 24.5 Å². The SMILES string of the molecule is O=CC12c3ccccc3C(c3ccccc31)[C@H]1C(=O)N(c3ccccc3[N+](=O)[O-])C(=O)[C@H]12. The van der Waals surface area contributed by atoms with Crippen LogP contribution in [0.2, 0.25) is 0 Å². The molecule has 156 valence electrons. The Bertz CT molecular complexity index is 1320. The summed E-state index contributed by atoms with van der Waals surface area (Å²) in [5.41, 5.74) is 1.45. The van der Waals surface area contributed by atoms with Gasteiger partial charge in [0, 0.05) is 12.0 Å². The highest BCUT2D eigenvalue weighted by molar-refractivity contribution is 6.25. The van der Waals surface area contributed by atoms with Gasteiger partial charge in [0.25, 0.3) is 5.69 Å². The van der Waals surface area contributed by atoms with Gasteiger partial charge in [0.15, 0.2) is 0 Å². The summed E-state index contributed by atoms with van der Waals surface area (Å²) < 4.78 is 0. The Hall–Kier alpha value is -4.13. The predicted octanol–water partition coefficient (Wildman–Crippen LogP) is 3.34. The summed E-state index contributed by atoms with van der Waals surface area (Å²) >= 11 is 0. The number of nitro groups is 1. The molecule has 3 aliphatic carbocycles. The number of nitro benzene ring substituents is 1. The number of nitrogens with zero attached hydrogens (tertiary/aromatic N) is 2. The van der Waals surface area contributed by atoms with Crippen LogP contribution in [0.4, 0.5) is 11.4 Å². The summed E-state index contributed by atoms with van der Waals surface area (Å²) in [5, 5.41) is 11.6. The van der Waals surface area contributed by atoms with E-state index in [0.29, 0.717) is 0 Å². The van der Waals surface area contributed by atoms with Gasteiger partial charge in [-0.05, 0) is 28.3 Å². The fourth-order valence-corrected chi connectivity index (χ4v) is 6.08. The number of carbonyl (C=O) groups is 3. The van der Waals surface area contributed by atoms with Crippen LogP contribution in [-0.4, -0.2) is 23.0 Å². The number of imide groups is 1.